The summed E-state index contributed by atoms with van der Waals surface area (Å²) in [4.78, 5) is 0. The van der Waals surface area contributed by atoms with Gasteiger partial charge in [-0.1, -0.05) is 24.4 Å². The molecule has 0 N–H and O–H groups in total. The number of hydrogen-bond donors (Lipinski definition) is 0. The van der Waals surface area contributed by atoms with Crippen LogP contribution < -0.4 is 0 Å². The molecule has 1 aromatic carbocycles. The van der Waals surface area contributed by atoms with Gasteiger partial charge in [0.15, 0.2) is 0 Å². The molecule has 0 spiro atoms. The first-order valence-electron chi connectivity index (χ1n) is 4.86. The Hall–Kier alpha value is 0.210. The summed E-state index contributed by atoms with van der Waals surface area (Å²) < 4.78 is 14.1. The third-order valence-electron chi connectivity index (χ3n) is 2.61. The fourth-order valence-electron chi connectivity index (χ4n) is 1.55. The standard InChI is InChI=1S/C11H10BrCl2F/c12-8-5-11(15)7(4-10(8)14)9(13)3-6-1-2-6/h4-6,9H,1-3H2. The van der Waals surface area contributed by atoms with Crippen LogP contribution in [-0.2, 0) is 0 Å². The van der Waals surface area contributed by atoms with Crippen molar-refractivity contribution in [3.05, 3.63) is 33.0 Å². The van der Waals surface area contributed by atoms with Gasteiger partial charge in [-0.25, -0.2) is 4.39 Å². The Labute approximate surface area is 107 Å². The molecular formula is C11H10BrCl2F. The Morgan fingerprint density at radius 2 is 2.13 bits per heavy atom. The number of hydrogen-bond acceptors (Lipinski definition) is 0. The maximum Gasteiger partial charge on any atom is 0.129 e. The van der Waals surface area contributed by atoms with Crippen LogP contribution in [0.5, 0.6) is 0 Å². The number of benzene rings is 1. The van der Waals surface area contributed by atoms with Crippen LogP contribution in [0, 0.1) is 11.7 Å². The molecule has 4 heteroatoms. The van der Waals surface area contributed by atoms with Gasteiger partial charge in [0, 0.05) is 10.0 Å². The van der Waals surface area contributed by atoms with Crippen molar-refractivity contribution in [3.8, 4) is 0 Å². The van der Waals surface area contributed by atoms with Gasteiger partial charge in [-0.3, -0.25) is 0 Å². The van der Waals surface area contributed by atoms with E-state index < -0.39 is 0 Å². The van der Waals surface area contributed by atoms with Gasteiger partial charge < -0.3 is 0 Å². The molecule has 82 valence electrons. The summed E-state index contributed by atoms with van der Waals surface area (Å²) in [7, 11) is 0. The van der Waals surface area contributed by atoms with Crippen molar-refractivity contribution in [2.45, 2.75) is 24.6 Å². The molecule has 1 unspecified atom stereocenters. The van der Waals surface area contributed by atoms with Crippen LogP contribution in [-0.4, -0.2) is 0 Å². The SMILES string of the molecule is Fc1cc(Br)c(Cl)cc1C(Cl)CC1CC1. The number of rotatable bonds is 3. The second-order valence-electron chi connectivity index (χ2n) is 3.93. The minimum Gasteiger partial charge on any atom is -0.207 e. The summed E-state index contributed by atoms with van der Waals surface area (Å²) in [6.45, 7) is 0. The molecule has 1 aliphatic rings. The van der Waals surface area contributed by atoms with Crippen molar-refractivity contribution in [1.29, 1.82) is 0 Å². The first kappa shape index (κ1) is 11.7. The summed E-state index contributed by atoms with van der Waals surface area (Å²) in [5.74, 6) is 0.390. The lowest BCUT2D eigenvalue weighted by Crippen LogP contribution is -1.96. The highest BCUT2D eigenvalue weighted by atomic mass is 79.9. The molecule has 0 heterocycles. The molecule has 0 aromatic heterocycles. The maximum atomic E-state index is 13.6. The van der Waals surface area contributed by atoms with E-state index in [1.54, 1.807) is 6.07 Å². The molecular weight excluding hydrogens is 302 g/mol. The van der Waals surface area contributed by atoms with Crippen molar-refractivity contribution in [1.82, 2.24) is 0 Å². The predicted molar refractivity (Wildman–Crippen MR) is 65.0 cm³/mol. The molecule has 0 aliphatic heterocycles. The second-order valence-corrected chi connectivity index (χ2v) is 5.72. The van der Waals surface area contributed by atoms with E-state index in [1.165, 1.54) is 18.9 Å². The van der Waals surface area contributed by atoms with Crippen molar-refractivity contribution in [2.24, 2.45) is 5.92 Å². The maximum absolute atomic E-state index is 13.6. The Balaban J connectivity index is 2.21. The van der Waals surface area contributed by atoms with Crippen LogP contribution in [0.25, 0.3) is 0 Å². The normalized spacial score (nSPS) is 17.9. The average Bonchev–Trinajstić information content (AvgIpc) is 2.95. The Kier molecular flexibility index (Phi) is 3.59. The van der Waals surface area contributed by atoms with E-state index in [0.29, 0.717) is 21.0 Å². The lowest BCUT2D eigenvalue weighted by Gasteiger charge is -2.11. The van der Waals surface area contributed by atoms with Gasteiger partial charge >= 0.3 is 0 Å². The highest BCUT2D eigenvalue weighted by Crippen LogP contribution is 2.42. The van der Waals surface area contributed by atoms with E-state index in [4.69, 9.17) is 23.2 Å². The summed E-state index contributed by atoms with van der Waals surface area (Å²) >= 11 is 15.2. The smallest absolute Gasteiger partial charge is 0.129 e. The van der Waals surface area contributed by atoms with Crippen molar-refractivity contribution in [2.75, 3.05) is 0 Å². The van der Waals surface area contributed by atoms with Crippen LogP contribution in [0.2, 0.25) is 5.02 Å². The van der Waals surface area contributed by atoms with E-state index in [9.17, 15) is 4.39 Å². The monoisotopic (exact) mass is 310 g/mol. The Bertz CT molecular complexity index is 377. The van der Waals surface area contributed by atoms with Crippen LogP contribution in [0.1, 0.15) is 30.2 Å². The van der Waals surface area contributed by atoms with Crippen LogP contribution in [0.15, 0.2) is 16.6 Å². The predicted octanol–water partition coefficient (Wildman–Crippen LogP) is 5.32. The lowest BCUT2D eigenvalue weighted by molar-refractivity contribution is 0.591. The molecule has 0 bridgehead atoms. The van der Waals surface area contributed by atoms with Crippen LogP contribution in [0.3, 0.4) is 0 Å². The summed E-state index contributed by atoms with van der Waals surface area (Å²) in [5.41, 5.74) is 0.511. The van der Waals surface area contributed by atoms with Gasteiger partial charge in [-0.2, -0.15) is 0 Å². The molecule has 1 saturated carbocycles. The first-order valence-corrected chi connectivity index (χ1v) is 6.47. The first-order chi connectivity index (χ1) is 7.08. The van der Waals surface area contributed by atoms with Crippen molar-refractivity contribution >= 4 is 39.1 Å². The molecule has 1 aliphatic carbocycles. The van der Waals surface area contributed by atoms with E-state index in [-0.39, 0.29) is 11.2 Å². The number of halogens is 4. The van der Waals surface area contributed by atoms with E-state index in [1.807, 2.05) is 0 Å². The zero-order valence-electron chi connectivity index (χ0n) is 7.94. The topological polar surface area (TPSA) is 0 Å². The third kappa shape index (κ3) is 2.86. The minimum atomic E-state index is -0.285. The second kappa shape index (κ2) is 4.60. The third-order valence-corrected chi connectivity index (χ3v) is 4.22. The average molecular weight is 312 g/mol. The largest absolute Gasteiger partial charge is 0.207 e. The van der Waals surface area contributed by atoms with Gasteiger partial charge in [-0.05, 0) is 40.4 Å². The molecule has 15 heavy (non-hydrogen) atoms. The zero-order chi connectivity index (χ0) is 11.0. The Morgan fingerprint density at radius 3 is 2.73 bits per heavy atom. The summed E-state index contributed by atoms with van der Waals surface area (Å²) in [6.07, 6.45) is 3.28. The quantitative estimate of drug-likeness (QED) is 0.523. The van der Waals surface area contributed by atoms with Gasteiger partial charge in [0.2, 0.25) is 0 Å². The number of alkyl halides is 1. The van der Waals surface area contributed by atoms with Crippen LogP contribution >= 0.6 is 39.1 Å². The van der Waals surface area contributed by atoms with Crippen molar-refractivity contribution < 1.29 is 4.39 Å². The summed E-state index contributed by atoms with van der Waals surface area (Å²) in [5, 5.41) is 0.246. The molecule has 0 nitrogen and oxygen atoms in total. The van der Waals surface area contributed by atoms with E-state index in [0.717, 1.165) is 6.42 Å². The van der Waals surface area contributed by atoms with Crippen molar-refractivity contribution in [3.63, 3.8) is 0 Å². The molecule has 2 rings (SSSR count). The molecule has 0 amide bonds. The van der Waals surface area contributed by atoms with Gasteiger partial charge in [0.1, 0.15) is 5.82 Å². The molecule has 1 fully saturated rings. The van der Waals surface area contributed by atoms with Gasteiger partial charge in [0.25, 0.3) is 0 Å². The highest BCUT2D eigenvalue weighted by Gasteiger charge is 2.26. The molecule has 1 atom stereocenters. The molecule has 0 saturated heterocycles. The van der Waals surface area contributed by atoms with E-state index in [2.05, 4.69) is 15.9 Å². The van der Waals surface area contributed by atoms with Gasteiger partial charge in [-0.15, -0.1) is 11.6 Å². The zero-order valence-corrected chi connectivity index (χ0v) is 11.0. The minimum absolute atomic E-state index is 0.261. The highest BCUT2D eigenvalue weighted by molar-refractivity contribution is 9.10. The Morgan fingerprint density at radius 1 is 1.47 bits per heavy atom. The fourth-order valence-corrected chi connectivity index (χ4v) is 2.46. The fraction of sp³-hybridized carbons (Fsp3) is 0.455. The summed E-state index contributed by atoms with van der Waals surface area (Å²) in [6, 6.07) is 2.99. The van der Waals surface area contributed by atoms with Gasteiger partial charge in [0.05, 0.1) is 10.4 Å². The molecule has 1 aromatic rings. The molecule has 0 radical (unpaired) electrons. The van der Waals surface area contributed by atoms with E-state index >= 15 is 0 Å². The lowest BCUT2D eigenvalue weighted by atomic mass is 10.1. The van der Waals surface area contributed by atoms with Crippen LogP contribution in [0.4, 0.5) is 4.39 Å².